The maximum Gasteiger partial charge on any atom is 0.251 e. The molecular formula is C21H19BrN2OS. The minimum absolute atomic E-state index is 0.0682. The summed E-state index contributed by atoms with van der Waals surface area (Å²) in [5.74, 6) is 0.0682. The molecule has 1 amide bonds. The summed E-state index contributed by atoms with van der Waals surface area (Å²) >= 11 is 5.29. The first kappa shape index (κ1) is 17.4. The molecule has 1 unspecified atom stereocenters. The third-order valence-electron chi connectivity index (χ3n) is 4.55. The van der Waals surface area contributed by atoms with Crippen molar-refractivity contribution in [3.63, 3.8) is 0 Å². The number of amides is 1. The summed E-state index contributed by atoms with van der Waals surface area (Å²) in [5.41, 5.74) is 2.97. The SMILES string of the molecule is CCCN1C(=O)C(C)N=C(c2ccccc2)c2sc3ccc(Br)cc3c21. The monoisotopic (exact) mass is 426 g/mol. The second-order valence-corrected chi connectivity index (χ2v) is 8.40. The van der Waals surface area contributed by atoms with Crippen LogP contribution in [0.1, 0.15) is 30.7 Å². The fraction of sp³-hybridized carbons (Fsp3) is 0.238. The molecule has 0 aliphatic carbocycles. The van der Waals surface area contributed by atoms with Crippen LogP contribution in [0.4, 0.5) is 5.69 Å². The predicted molar refractivity (Wildman–Crippen MR) is 114 cm³/mol. The van der Waals surface area contributed by atoms with Crippen molar-refractivity contribution in [3.05, 3.63) is 63.4 Å². The minimum atomic E-state index is -0.390. The van der Waals surface area contributed by atoms with Crippen LogP contribution in [-0.4, -0.2) is 24.2 Å². The second-order valence-electron chi connectivity index (χ2n) is 6.43. The van der Waals surface area contributed by atoms with Crippen LogP contribution >= 0.6 is 27.3 Å². The molecule has 26 heavy (non-hydrogen) atoms. The first-order chi connectivity index (χ1) is 12.6. The fourth-order valence-electron chi connectivity index (χ4n) is 3.38. The van der Waals surface area contributed by atoms with Gasteiger partial charge >= 0.3 is 0 Å². The molecule has 0 saturated heterocycles. The van der Waals surface area contributed by atoms with E-state index in [4.69, 9.17) is 4.99 Å². The van der Waals surface area contributed by atoms with Crippen LogP contribution in [0.3, 0.4) is 0 Å². The van der Waals surface area contributed by atoms with Gasteiger partial charge in [0.1, 0.15) is 6.04 Å². The molecule has 0 fully saturated rings. The smallest absolute Gasteiger partial charge is 0.251 e. The zero-order chi connectivity index (χ0) is 18.3. The Kier molecular flexibility index (Phi) is 4.67. The number of anilines is 1. The van der Waals surface area contributed by atoms with E-state index in [2.05, 4.69) is 47.1 Å². The fourth-order valence-corrected chi connectivity index (χ4v) is 4.94. The van der Waals surface area contributed by atoms with Crippen LogP contribution < -0.4 is 4.90 Å². The standard InChI is InChI=1S/C21H19BrN2OS/c1-3-11-24-19-16-12-15(22)9-10-17(16)26-20(19)18(23-13(2)21(24)25)14-7-5-4-6-8-14/h4-10,12-13H,3,11H2,1-2H3. The van der Waals surface area contributed by atoms with E-state index in [1.165, 1.54) is 4.70 Å². The molecule has 0 radical (unpaired) electrons. The van der Waals surface area contributed by atoms with Crippen molar-refractivity contribution in [2.24, 2.45) is 4.99 Å². The number of hydrogen-bond donors (Lipinski definition) is 0. The third kappa shape index (κ3) is 2.89. The average Bonchev–Trinajstić information content (AvgIpc) is 2.97. The molecule has 5 heteroatoms. The summed E-state index contributed by atoms with van der Waals surface area (Å²) in [6.07, 6.45) is 0.907. The van der Waals surface area contributed by atoms with Gasteiger partial charge in [-0.3, -0.25) is 9.79 Å². The van der Waals surface area contributed by atoms with Crippen molar-refractivity contribution in [3.8, 4) is 0 Å². The van der Waals surface area contributed by atoms with Gasteiger partial charge in [0.2, 0.25) is 0 Å². The zero-order valence-electron chi connectivity index (χ0n) is 14.7. The first-order valence-corrected chi connectivity index (χ1v) is 10.4. The van der Waals surface area contributed by atoms with Gasteiger partial charge in [-0.15, -0.1) is 11.3 Å². The molecule has 132 valence electrons. The summed E-state index contributed by atoms with van der Waals surface area (Å²) in [6.45, 7) is 4.70. The highest BCUT2D eigenvalue weighted by Crippen LogP contribution is 2.42. The third-order valence-corrected chi connectivity index (χ3v) is 6.21. The molecule has 0 spiro atoms. The van der Waals surface area contributed by atoms with Gasteiger partial charge in [0.25, 0.3) is 5.91 Å². The summed E-state index contributed by atoms with van der Waals surface area (Å²) in [7, 11) is 0. The molecule has 0 bridgehead atoms. The van der Waals surface area contributed by atoms with Crippen molar-refractivity contribution in [2.45, 2.75) is 26.3 Å². The summed E-state index contributed by atoms with van der Waals surface area (Å²) < 4.78 is 2.19. The normalized spacial score (nSPS) is 17.2. The van der Waals surface area contributed by atoms with Crippen molar-refractivity contribution < 1.29 is 4.79 Å². The number of thiophene rings is 1. The highest BCUT2D eigenvalue weighted by molar-refractivity contribution is 9.10. The van der Waals surface area contributed by atoms with Crippen molar-refractivity contribution in [1.29, 1.82) is 0 Å². The Bertz CT molecular complexity index is 1010. The Labute approximate surface area is 165 Å². The van der Waals surface area contributed by atoms with Gasteiger partial charge < -0.3 is 4.90 Å². The highest BCUT2D eigenvalue weighted by Gasteiger charge is 2.32. The van der Waals surface area contributed by atoms with Gasteiger partial charge in [0.05, 0.1) is 16.3 Å². The maximum atomic E-state index is 13.1. The second kappa shape index (κ2) is 6.97. The zero-order valence-corrected chi connectivity index (χ0v) is 17.1. The number of fused-ring (bicyclic) bond motifs is 3. The minimum Gasteiger partial charge on any atom is -0.308 e. The van der Waals surface area contributed by atoms with Crippen molar-refractivity contribution in [2.75, 3.05) is 11.4 Å². The summed E-state index contributed by atoms with van der Waals surface area (Å²) in [6, 6.07) is 16.0. The number of aliphatic imine (C=N–C) groups is 1. The summed E-state index contributed by atoms with van der Waals surface area (Å²) in [5, 5.41) is 1.11. The Morgan fingerprint density at radius 3 is 2.69 bits per heavy atom. The van der Waals surface area contributed by atoms with Crippen molar-refractivity contribution >= 4 is 54.7 Å². The predicted octanol–water partition coefficient (Wildman–Crippen LogP) is 5.65. The van der Waals surface area contributed by atoms with Gasteiger partial charge in [0, 0.05) is 26.7 Å². The molecular weight excluding hydrogens is 408 g/mol. The Hall–Kier alpha value is -1.98. The number of rotatable bonds is 3. The lowest BCUT2D eigenvalue weighted by atomic mass is 10.1. The number of halogens is 1. The molecule has 0 N–H and O–H groups in total. The lowest BCUT2D eigenvalue weighted by Crippen LogP contribution is -2.37. The van der Waals surface area contributed by atoms with E-state index in [0.717, 1.165) is 38.1 Å². The molecule has 0 saturated carbocycles. The first-order valence-electron chi connectivity index (χ1n) is 8.77. The number of nitrogens with zero attached hydrogens (tertiary/aromatic N) is 2. The molecule has 4 rings (SSSR count). The molecule has 2 heterocycles. The highest BCUT2D eigenvalue weighted by atomic mass is 79.9. The Morgan fingerprint density at radius 1 is 1.19 bits per heavy atom. The molecule has 2 aromatic carbocycles. The van der Waals surface area contributed by atoms with Gasteiger partial charge in [-0.05, 0) is 31.5 Å². The molecule has 1 aliphatic heterocycles. The number of carbonyl (C=O) groups excluding carboxylic acids is 1. The number of carbonyl (C=O) groups is 1. The maximum absolute atomic E-state index is 13.1. The number of hydrogen-bond acceptors (Lipinski definition) is 3. The molecule has 1 atom stereocenters. The van der Waals surface area contributed by atoms with Gasteiger partial charge in [-0.2, -0.15) is 0 Å². The van der Waals surface area contributed by atoms with E-state index in [9.17, 15) is 4.79 Å². The van der Waals surface area contributed by atoms with Crippen molar-refractivity contribution in [1.82, 2.24) is 0 Å². The van der Waals surface area contributed by atoms with E-state index in [-0.39, 0.29) is 5.91 Å². The lowest BCUT2D eigenvalue weighted by molar-refractivity contribution is -0.119. The van der Waals surface area contributed by atoms with Crippen LogP contribution in [0, 0.1) is 0 Å². The average molecular weight is 427 g/mol. The number of benzene rings is 2. The van der Waals surface area contributed by atoms with E-state index in [1.54, 1.807) is 11.3 Å². The van der Waals surface area contributed by atoms with Gasteiger partial charge in [0.15, 0.2) is 0 Å². The summed E-state index contributed by atoms with van der Waals surface area (Å²) in [4.78, 5) is 21.0. The quantitative estimate of drug-likeness (QED) is 0.532. The molecule has 3 nitrogen and oxygen atoms in total. The van der Waals surface area contributed by atoms with E-state index >= 15 is 0 Å². The largest absolute Gasteiger partial charge is 0.308 e. The topological polar surface area (TPSA) is 32.7 Å². The van der Waals surface area contributed by atoms with Crippen LogP contribution in [0.2, 0.25) is 0 Å². The van der Waals surface area contributed by atoms with Crippen LogP contribution in [-0.2, 0) is 4.79 Å². The molecule has 1 aromatic heterocycles. The van der Waals surface area contributed by atoms with Gasteiger partial charge in [-0.1, -0.05) is 53.2 Å². The van der Waals surface area contributed by atoms with Crippen LogP contribution in [0.5, 0.6) is 0 Å². The molecule has 3 aromatic rings. The van der Waals surface area contributed by atoms with Crippen LogP contribution in [0.25, 0.3) is 10.1 Å². The van der Waals surface area contributed by atoms with Gasteiger partial charge in [-0.25, -0.2) is 0 Å². The molecule has 1 aliphatic rings. The Balaban J connectivity index is 2.04. The van der Waals surface area contributed by atoms with E-state index in [0.29, 0.717) is 6.54 Å². The van der Waals surface area contributed by atoms with Crippen LogP contribution in [0.15, 0.2) is 58.0 Å². The van der Waals surface area contributed by atoms with E-state index < -0.39 is 6.04 Å². The lowest BCUT2D eigenvalue weighted by Gasteiger charge is -2.22. The van der Waals surface area contributed by atoms with E-state index in [1.807, 2.05) is 36.1 Å². The Morgan fingerprint density at radius 2 is 1.96 bits per heavy atom.